The van der Waals surface area contributed by atoms with Gasteiger partial charge in [-0.2, -0.15) is 0 Å². The highest BCUT2D eigenvalue weighted by Crippen LogP contribution is 2.24. The van der Waals surface area contributed by atoms with Gasteiger partial charge in [-0.25, -0.2) is 4.98 Å². The molecule has 6 nitrogen and oxygen atoms in total. The summed E-state index contributed by atoms with van der Waals surface area (Å²) in [7, 11) is 0. The smallest absolute Gasteiger partial charge is 0.261 e. The first-order valence-electron chi connectivity index (χ1n) is 10.1. The second kappa shape index (κ2) is 8.75. The fraction of sp³-hybridized carbons (Fsp3) is 0.304. The topological polar surface area (TPSA) is 79.4 Å². The maximum atomic E-state index is 12.4. The van der Waals surface area contributed by atoms with Crippen LogP contribution in [0.5, 0.6) is 0 Å². The van der Waals surface area contributed by atoms with Crippen LogP contribution in [0.1, 0.15) is 50.5 Å². The van der Waals surface area contributed by atoms with E-state index in [0.29, 0.717) is 24.1 Å². The van der Waals surface area contributed by atoms with Crippen LogP contribution in [0.25, 0.3) is 10.2 Å². The van der Waals surface area contributed by atoms with Gasteiger partial charge < -0.3 is 5.32 Å². The predicted octanol–water partition coefficient (Wildman–Crippen LogP) is 3.73. The van der Waals surface area contributed by atoms with Gasteiger partial charge in [0.15, 0.2) is 0 Å². The quantitative estimate of drug-likeness (QED) is 0.444. The Morgan fingerprint density at radius 1 is 1.07 bits per heavy atom. The Hall–Kier alpha value is -3.06. The second-order valence-corrected chi connectivity index (χ2v) is 8.56. The van der Waals surface area contributed by atoms with Crippen molar-refractivity contribution in [2.45, 2.75) is 32.6 Å². The summed E-state index contributed by atoms with van der Waals surface area (Å²) in [6.07, 6.45) is 2.39. The van der Waals surface area contributed by atoms with E-state index < -0.39 is 0 Å². The predicted molar refractivity (Wildman–Crippen MR) is 117 cm³/mol. The SMILES string of the molecule is Cc1ccc2c(c1)C(=O)N(CCCC(=O)NCCCc1nc3ccccc3s1)C2=O. The maximum Gasteiger partial charge on any atom is 0.261 e. The second-order valence-electron chi connectivity index (χ2n) is 7.44. The van der Waals surface area contributed by atoms with E-state index in [1.807, 2.05) is 31.2 Å². The number of nitrogens with one attached hydrogen (secondary N) is 1. The van der Waals surface area contributed by atoms with E-state index >= 15 is 0 Å². The molecule has 0 saturated carbocycles. The van der Waals surface area contributed by atoms with E-state index in [-0.39, 0.29) is 30.7 Å². The zero-order chi connectivity index (χ0) is 21.1. The zero-order valence-corrected chi connectivity index (χ0v) is 17.6. The molecular weight excluding hydrogens is 398 g/mol. The molecule has 3 aromatic rings. The molecular formula is C23H23N3O3S. The van der Waals surface area contributed by atoms with Crippen LogP contribution in [0, 0.1) is 6.92 Å². The summed E-state index contributed by atoms with van der Waals surface area (Å²) >= 11 is 1.69. The Labute approximate surface area is 178 Å². The fourth-order valence-corrected chi connectivity index (χ4v) is 4.60. The first-order valence-corrected chi connectivity index (χ1v) is 10.9. The number of para-hydroxylation sites is 1. The third kappa shape index (κ3) is 4.26. The van der Waals surface area contributed by atoms with E-state index in [4.69, 9.17) is 0 Å². The van der Waals surface area contributed by atoms with Crippen molar-refractivity contribution in [3.63, 3.8) is 0 Å². The molecule has 0 spiro atoms. The zero-order valence-electron chi connectivity index (χ0n) is 16.8. The normalized spacial score (nSPS) is 13.2. The third-order valence-corrected chi connectivity index (χ3v) is 6.24. The molecule has 1 aliphatic heterocycles. The minimum atomic E-state index is -0.272. The van der Waals surface area contributed by atoms with Crippen molar-refractivity contribution in [1.82, 2.24) is 15.2 Å². The van der Waals surface area contributed by atoms with Crippen molar-refractivity contribution in [3.8, 4) is 0 Å². The van der Waals surface area contributed by atoms with Gasteiger partial charge in [0.25, 0.3) is 11.8 Å². The monoisotopic (exact) mass is 421 g/mol. The van der Waals surface area contributed by atoms with Crippen LogP contribution in [0.15, 0.2) is 42.5 Å². The Morgan fingerprint density at radius 2 is 1.87 bits per heavy atom. The lowest BCUT2D eigenvalue weighted by molar-refractivity contribution is -0.121. The van der Waals surface area contributed by atoms with Gasteiger partial charge >= 0.3 is 0 Å². The van der Waals surface area contributed by atoms with E-state index in [1.165, 1.54) is 9.60 Å². The average Bonchev–Trinajstić information content (AvgIpc) is 3.25. The van der Waals surface area contributed by atoms with Gasteiger partial charge in [-0.3, -0.25) is 19.3 Å². The number of hydrogen-bond donors (Lipinski definition) is 1. The van der Waals surface area contributed by atoms with Crippen molar-refractivity contribution >= 4 is 39.3 Å². The van der Waals surface area contributed by atoms with Crippen LogP contribution in [0.3, 0.4) is 0 Å². The number of benzene rings is 2. The Kier molecular flexibility index (Phi) is 5.90. The molecule has 4 rings (SSSR count). The number of carbonyl (C=O) groups is 3. The lowest BCUT2D eigenvalue weighted by Gasteiger charge is -2.13. The number of hydrogen-bond acceptors (Lipinski definition) is 5. The molecule has 0 atom stereocenters. The summed E-state index contributed by atoms with van der Waals surface area (Å²) < 4.78 is 1.18. The molecule has 2 aromatic carbocycles. The molecule has 154 valence electrons. The standard InChI is InChI=1S/C23H23N3O3S/c1-15-10-11-16-17(14-15)23(29)26(22(16)28)13-5-8-20(27)24-12-4-9-21-25-18-6-2-3-7-19(18)30-21/h2-3,6-7,10-11,14H,4-5,8-9,12-13H2,1H3,(H,24,27). The minimum Gasteiger partial charge on any atom is -0.356 e. The molecule has 1 aliphatic rings. The number of thiazole rings is 1. The van der Waals surface area contributed by atoms with Crippen LogP contribution in [-0.2, 0) is 11.2 Å². The summed E-state index contributed by atoms with van der Waals surface area (Å²) in [5.74, 6) is -0.604. The number of carbonyl (C=O) groups excluding carboxylic acids is 3. The van der Waals surface area contributed by atoms with E-state index in [9.17, 15) is 14.4 Å². The van der Waals surface area contributed by atoms with E-state index in [2.05, 4.69) is 16.4 Å². The highest BCUT2D eigenvalue weighted by Gasteiger charge is 2.34. The van der Waals surface area contributed by atoms with Gasteiger partial charge in [-0.1, -0.05) is 23.8 Å². The fourth-order valence-electron chi connectivity index (χ4n) is 3.59. The summed E-state index contributed by atoms with van der Waals surface area (Å²) in [5.41, 5.74) is 2.87. The number of amides is 3. The average molecular weight is 422 g/mol. The van der Waals surface area contributed by atoms with Crippen LogP contribution >= 0.6 is 11.3 Å². The van der Waals surface area contributed by atoms with Crippen LogP contribution in [-0.4, -0.2) is 40.7 Å². The van der Waals surface area contributed by atoms with E-state index in [0.717, 1.165) is 28.9 Å². The largest absolute Gasteiger partial charge is 0.356 e. The van der Waals surface area contributed by atoms with Crippen LogP contribution < -0.4 is 5.32 Å². The number of imide groups is 1. The van der Waals surface area contributed by atoms with Crippen molar-refractivity contribution in [3.05, 3.63) is 64.2 Å². The van der Waals surface area contributed by atoms with Gasteiger partial charge in [0.05, 0.1) is 26.4 Å². The molecule has 30 heavy (non-hydrogen) atoms. The molecule has 2 heterocycles. The van der Waals surface area contributed by atoms with Gasteiger partial charge in [-0.05, 0) is 44.0 Å². The number of fused-ring (bicyclic) bond motifs is 2. The van der Waals surface area contributed by atoms with Crippen molar-refractivity contribution in [2.75, 3.05) is 13.1 Å². The minimum absolute atomic E-state index is 0.0632. The van der Waals surface area contributed by atoms with Crippen molar-refractivity contribution < 1.29 is 14.4 Å². The molecule has 0 unspecified atom stereocenters. The Morgan fingerprint density at radius 3 is 2.70 bits per heavy atom. The molecule has 3 amide bonds. The molecule has 1 N–H and O–H groups in total. The molecule has 0 radical (unpaired) electrons. The first-order chi connectivity index (χ1) is 14.5. The summed E-state index contributed by atoms with van der Waals surface area (Å²) in [4.78, 5) is 42.8. The van der Waals surface area contributed by atoms with Crippen LogP contribution in [0.4, 0.5) is 0 Å². The van der Waals surface area contributed by atoms with Gasteiger partial charge in [-0.15, -0.1) is 11.3 Å². The Balaban J connectivity index is 1.17. The maximum absolute atomic E-state index is 12.4. The molecule has 7 heteroatoms. The van der Waals surface area contributed by atoms with Crippen LogP contribution in [0.2, 0.25) is 0 Å². The molecule has 0 saturated heterocycles. The highest BCUT2D eigenvalue weighted by atomic mass is 32.1. The van der Waals surface area contributed by atoms with Gasteiger partial charge in [0, 0.05) is 25.9 Å². The first kappa shape index (κ1) is 20.2. The molecule has 0 fully saturated rings. The lowest BCUT2D eigenvalue weighted by atomic mass is 10.1. The summed E-state index contributed by atoms with van der Waals surface area (Å²) in [5, 5.41) is 3.98. The third-order valence-electron chi connectivity index (χ3n) is 5.14. The number of aryl methyl sites for hydroxylation is 2. The molecule has 1 aromatic heterocycles. The highest BCUT2D eigenvalue weighted by molar-refractivity contribution is 7.18. The van der Waals surface area contributed by atoms with Gasteiger partial charge in [0.1, 0.15) is 0 Å². The summed E-state index contributed by atoms with van der Waals surface area (Å²) in [6, 6.07) is 13.3. The molecule has 0 aliphatic carbocycles. The lowest BCUT2D eigenvalue weighted by Crippen LogP contribution is -2.32. The van der Waals surface area contributed by atoms with Gasteiger partial charge in [0.2, 0.25) is 5.91 Å². The Bertz CT molecular complexity index is 1090. The number of nitrogens with zero attached hydrogens (tertiary/aromatic N) is 2. The molecule has 0 bridgehead atoms. The number of aromatic nitrogens is 1. The number of rotatable bonds is 8. The van der Waals surface area contributed by atoms with E-state index in [1.54, 1.807) is 23.5 Å². The van der Waals surface area contributed by atoms with Crippen molar-refractivity contribution in [1.29, 1.82) is 0 Å². The van der Waals surface area contributed by atoms with Crippen molar-refractivity contribution in [2.24, 2.45) is 0 Å². The summed E-state index contributed by atoms with van der Waals surface area (Å²) in [6.45, 7) is 2.73.